The molecule has 3 heteroatoms. The fourth-order valence-electron chi connectivity index (χ4n) is 2.36. The largest absolute Gasteiger partial charge is 0.223 e. The lowest BCUT2D eigenvalue weighted by atomic mass is 10.1. The molecule has 0 radical (unpaired) electrons. The minimum Gasteiger partial charge on any atom is -0.223 e. The molecule has 15 heavy (non-hydrogen) atoms. The number of rotatable bonds is 2. The maximum absolute atomic E-state index is 12.2. The summed E-state index contributed by atoms with van der Waals surface area (Å²) in [5.74, 6) is 0.301. The van der Waals surface area contributed by atoms with E-state index in [1.165, 1.54) is 0 Å². The van der Waals surface area contributed by atoms with Gasteiger partial charge in [0.25, 0.3) is 0 Å². The van der Waals surface area contributed by atoms with Crippen LogP contribution in [0.4, 0.5) is 0 Å². The lowest BCUT2D eigenvalue weighted by molar-refractivity contribution is 0.545. The van der Waals surface area contributed by atoms with Crippen LogP contribution in [0.5, 0.6) is 0 Å². The lowest BCUT2D eigenvalue weighted by Gasteiger charge is -2.15. The second-order valence-electron chi connectivity index (χ2n) is 4.30. The topological polar surface area (TPSA) is 34.1 Å². The van der Waals surface area contributed by atoms with Gasteiger partial charge in [-0.2, -0.15) is 0 Å². The number of benzene rings is 1. The van der Waals surface area contributed by atoms with E-state index in [2.05, 4.69) is 0 Å². The second-order valence-corrected chi connectivity index (χ2v) is 6.47. The molecule has 1 saturated carbocycles. The number of sulfone groups is 1. The molecule has 82 valence electrons. The molecule has 1 aromatic rings. The van der Waals surface area contributed by atoms with Gasteiger partial charge in [0.05, 0.1) is 10.1 Å². The summed E-state index contributed by atoms with van der Waals surface area (Å²) < 4.78 is 24.5. The molecule has 2 unspecified atom stereocenters. The first-order valence-corrected chi connectivity index (χ1v) is 6.96. The molecular weight excluding hydrogens is 208 g/mol. The van der Waals surface area contributed by atoms with E-state index in [9.17, 15) is 8.42 Å². The quantitative estimate of drug-likeness (QED) is 0.774. The van der Waals surface area contributed by atoms with Crippen LogP contribution in [0.2, 0.25) is 0 Å². The highest BCUT2D eigenvalue weighted by Gasteiger charge is 2.35. The van der Waals surface area contributed by atoms with Crippen molar-refractivity contribution < 1.29 is 8.42 Å². The van der Waals surface area contributed by atoms with Crippen molar-refractivity contribution in [2.75, 3.05) is 0 Å². The Morgan fingerprint density at radius 2 is 1.80 bits per heavy atom. The highest BCUT2D eigenvalue weighted by Crippen LogP contribution is 2.33. The monoisotopic (exact) mass is 224 g/mol. The predicted octanol–water partition coefficient (Wildman–Crippen LogP) is 2.65. The Morgan fingerprint density at radius 3 is 2.33 bits per heavy atom. The highest BCUT2D eigenvalue weighted by molar-refractivity contribution is 7.92. The standard InChI is InChI=1S/C12H16O2S/c1-10-6-5-9-12(10)15(13,14)11-7-3-2-4-8-11/h2-4,7-8,10,12H,5-6,9H2,1H3. The third kappa shape index (κ3) is 1.93. The van der Waals surface area contributed by atoms with Gasteiger partial charge in [0.1, 0.15) is 0 Å². The van der Waals surface area contributed by atoms with E-state index in [0.29, 0.717) is 10.8 Å². The van der Waals surface area contributed by atoms with Crippen molar-refractivity contribution in [2.24, 2.45) is 5.92 Å². The van der Waals surface area contributed by atoms with Crippen molar-refractivity contribution in [2.45, 2.75) is 36.3 Å². The van der Waals surface area contributed by atoms with Crippen LogP contribution in [0.1, 0.15) is 26.2 Å². The summed E-state index contributed by atoms with van der Waals surface area (Å²) in [6.07, 6.45) is 2.90. The van der Waals surface area contributed by atoms with Crippen LogP contribution in [-0.2, 0) is 9.84 Å². The molecule has 1 aromatic carbocycles. The fraction of sp³-hybridized carbons (Fsp3) is 0.500. The molecule has 2 atom stereocenters. The van der Waals surface area contributed by atoms with E-state index in [4.69, 9.17) is 0 Å². The molecule has 0 spiro atoms. The van der Waals surface area contributed by atoms with Crippen LogP contribution in [0.15, 0.2) is 35.2 Å². The first kappa shape index (κ1) is 10.7. The first-order valence-electron chi connectivity index (χ1n) is 5.41. The average molecular weight is 224 g/mol. The van der Waals surface area contributed by atoms with Gasteiger partial charge < -0.3 is 0 Å². The Morgan fingerprint density at radius 1 is 1.13 bits per heavy atom. The molecule has 0 saturated heterocycles. The maximum atomic E-state index is 12.2. The van der Waals surface area contributed by atoms with Gasteiger partial charge in [0.15, 0.2) is 9.84 Å². The number of hydrogen-bond donors (Lipinski definition) is 0. The summed E-state index contributed by atoms with van der Waals surface area (Å²) in [5.41, 5.74) is 0. The minimum atomic E-state index is -3.09. The molecule has 2 nitrogen and oxygen atoms in total. The molecule has 1 aliphatic rings. The minimum absolute atomic E-state index is 0.167. The van der Waals surface area contributed by atoms with Crippen molar-refractivity contribution in [3.8, 4) is 0 Å². The SMILES string of the molecule is CC1CCCC1S(=O)(=O)c1ccccc1. The van der Waals surface area contributed by atoms with E-state index in [1.54, 1.807) is 24.3 Å². The van der Waals surface area contributed by atoms with Crippen LogP contribution in [0.3, 0.4) is 0 Å². The Labute approximate surface area is 91.2 Å². The molecule has 0 heterocycles. The lowest BCUT2D eigenvalue weighted by Crippen LogP contribution is -2.23. The van der Waals surface area contributed by atoms with Crippen LogP contribution in [-0.4, -0.2) is 13.7 Å². The smallest absolute Gasteiger partial charge is 0.181 e. The van der Waals surface area contributed by atoms with Gasteiger partial charge in [-0.05, 0) is 30.9 Å². The van der Waals surface area contributed by atoms with E-state index in [1.807, 2.05) is 13.0 Å². The van der Waals surface area contributed by atoms with Gasteiger partial charge in [-0.1, -0.05) is 31.5 Å². The zero-order valence-electron chi connectivity index (χ0n) is 8.89. The zero-order chi connectivity index (χ0) is 10.9. The van der Waals surface area contributed by atoms with Gasteiger partial charge in [0.2, 0.25) is 0 Å². The van der Waals surface area contributed by atoms with Gasteiger partial charge >= 0.3 is 0 Å². The van der Waals surface area contributed by atoms with Gasteiger partial charge in [-0.15, -0.1) is 0 Å². The van der Waals surface area contributed by atoms with E-state index in [0.717, 1.165) is 19.3 Å². The van der Waals surface area contributed by atoms with Crippen molar-refractivity contribution >= 4 is 9.84 Å². The summed E-state index contributed by atoms with van der Waals surface area (Å²) in [5, 5.41) is -0.167. The summed E-state index contributed by atoms with van der Waals surface area (Å²) in [7, 11) is -3.09. The molecule has 0 bridgehead atoms. The molecule has 1 aliphatic carbocycles. The van der Waals surface area contributed by atoms with Gasteiger partial charge in [-0.25, -0.2) is 8.42 Å². The van der Waals surface area contributed by atoms with Crippen LogP contribution < -0.4 is 0 Å². The number of hydrogen-bond acceptors (Lipinski definition) is 2. The molecular formula is C12H16O2S. The van der Waals surface area contributed by atoms with Crippen LogP contribution >= 0.6 is 0 Å². The summed E-state index contributed by atoms with van der Waals surface area (Å²) in [6, 6.07) is 8.80. The van der Waals surface area contributed by atoms with E-state index in [-0.39, 0.29) is 5.25 Å². The van der Waals surface area contributed by atoms with Crippen LogP contribution in [0, 0.1) is 5.92 Å². The van der Waals surface area contributed by atoms with Gasteiger partial charge in [0, 0.05) is 0 Å². The van der Waals surface area contributed by atoms with Gasteiger partial charge in [-0.3, -0.25) is 0 Å². The summed E-state index contributed by atoms with van der Waals surface area (Å²) >= 11 is 0. The van der Waals surface area contributed by atoms with Crippen molar-refractivity contribution in [3.05, 3.63) is 30.3 Å². The fourth-order valence-corrected chi connectivity index (χ4v) is 4.47. The molecule has 0 aromatic heterocycles. The van der Waals surface area contributed by atoms with Crippen molar-refractivity contribution in [1.29, 1.82) is 0 Å². The predicted molar refractivity (Wildman–Crippen MR) is 60.4 cm³/mol. The Hall–Kier alpha value is -0.830. The maximum Gasteiger partial charge on any atom is 0.181 e. The Kier molecular flexibility index (Phi) is 2.83. The molecule has 0 N–H and O–H groups in total. The Balaban J connectivity index is 2.35. The third-order valence-electron chi connectivity index (χ3n) is 3.25. The highest BCUT2D eigenvalue weighted by atomic mass is 32.2. The average Bonchev–Trinajstić information content (AvgIpc) is 2.66. The van der Waals surface area contributed by atoms with Crippen molar-refractivity contribution in [1.82, 2.24) is 0 Å². The Bertz CT molecular complexity index is 422. The summed E-state index contributed by atoms with van der Waals surface area (Å²) in [6.45, 7) is 2.04. The van der Waals surface area contributed by atoms with E-state index < -0.39 is 9.84 Å². The molecule has 0 aliphatic heterocycles. The second kappa shape index (κ2) is 3.97. The molecule has 2 rings (SSSR count). The zero-order valence-corrected chi connectivity index (χ0v) is 9.70. The van der Waals surface area contributed by atoms with E-state index >= 15 is 0 Å². The van der Waals surface area contributed by atoms with Crippen LogP contribution in [0.25, 0.3) is 0 Å². The van der Waals surface area contributed by atoms with Crippen molar-refractivity contribution in [3.63, 3.8) is 0 Å². The summed E-state index contributed by atoms with van der Waals surface area (Å²) in [4.78, 5) is 0.476. The first-order chi connectivity index (χ1) is 7.12. The third-order valence-corrected chi connectivity index (χ3v) is 5.68. The molecule has 1 fully saturated rings. The normalized spacial score (nSPS) is 26.7. The molecule has 0 amide bonds.